The average molecular weight is 249 g/mol. The summed E-state index contributed by atoms with van der Waals surface area (Å²) in [5.74, 6) is 1.72. The lowest BCUT2D eigenvalue weighted by molar-refractivity contribution is 0.0228. The molecule has 0 bridgehead atoms. The zero-order chi connectivity index (χ0) is 13.2. The molecule has 1 aromatic rings. The Morgan fingerprint density at radius 2 is 2.22 bits per heavy atom. The number of rotatable bonds is 4. The predicted molar refractivity (Wildman–Crippen MR) is 73.1 cm³/mol. The third-order valence-corrected chi connectivity index (χ3v) is 3.89. The van der Waals surface area contributed by atoms with E-state index >= 15 is 0 Å². The van der Waals surface area contributed by atoms with E-state index < -0.39 is 0 Å². The van der Waals surface area contributed by atoms with Crippen LogP contribution < -0.4 is 15.2 Å². The summed E-state index contributed by atoms with van der Waals surface area (Å²) in [4.78, 5) is 0. The molecular weight excluding hydrogens is 226 g/mol. The van der Waals surface area contributed by atoms with Gasteiger partial charge in [0.15, 0.2) is 0 Å². The number of hydrogen-bond acceptors (Lipinski definition) is 3. The van der Waals surface area contributed by atoms with E-state index in [2.05, 4.69) is 13.8 Å². The Bertz CT molecular complexity index is 419. The minimum atomic E-state index is -0.104. The van der Waals surface area contributed by atoms with Crippen molar-refractivity contribution in [2.24, 2.45) is 5.73 Å². The second-order valence-electron chi connectivity index (χ2n) is 5.10. The molecule has 0 aromatic heterocycles. The Hall–Kier alpha value is -1.22. The lowest BCUT2D eigenvalue weighted by Gasteiger charge is -2.41. The van der Waals surface area contributed by atoms with Gasteiger partial charge in [-0.2, -0.15) is 0 Å². The Balaban J connectivity index is 2.35. The van der Waals surface area contributed by atoms with Crippen LogP contribution in [0.2, 0.25) is 0 Å². The Labute approximate surface area is 109 Å². The van der Waals surface area contributed by atoms with Crippen LogP contribution in [0.4, 0.5) is 0 Å². The molecule has 0 fully saturated rings. The zero-order valence-electron chi connectivity index (χ0n) is 11.5. The van der Waals surface area contributed by atoms with Gasteiger partial charge in [-0.3, -0.25) is 0 Å². The maximum Gasteiger partial charge on any atom is 0.128 e. The molecule has 3 nitrogen and oxygen atoms in total. The van der Waals surface area contributed by atoms with Gasteiger partial charge in [-0.15, -0.1) is 0 Å². The number of ether oxygens (including phenoxy) is 2. The lowest BCUT2D eigenvalue weighted by atomic mass is 9.83. The van der Waals surface area contributed by atoms with Gasteiger partial charge < -0.3 is 15.2 Å². The van der Waals surface area contributed by atoms with E-state index in [-0.39, 0.29) is 11.6 Å². The first kappa shape index (κ1) is 13.2. The molecule has 1 aliphatic heterocycles. The summed E-state index contributed by atoms with van der Waals surface area (Å²) < 4.78 is 11.5. The van der Waals surface area contributed by atoms with E-state index in [4.69, 9.17) is 15.2 Å². The zero-order valence-corrected chi connectivity index (χ0v) is 11.5. The highest BCUT2D eigenvalue weighted by Gasteiger charge is 2.37. The first-order valence-electron chi connectivity index (χ1n) is 6.76. The van der Waals surface area contributed by atoms with Gasteiger partial charge in [0.1, 0.15) is 17.1 Å². The molecule has 0 aliphatic carbocycles. The van der Waals surface area contributed by atoms with Crippen molar-refractivity contribution >= 4 is 0 Å². The first-order valence-corrected chi connectivity index (χ1v) is 6.76. The molecule has 0 saturated carbocycles. The first-order chi connectivity index (χ1) is 8.64. The quantitative estimate of drug-likeness (QED) is 0.889. The van der Waals surface area contributed by atoms with E-state index in [1.54, 1.807) is 7.11 Å². The molecule has 0 spiro atoms. The SMILES string of the molecule is CCCC1(CC)CC(N)c2ccc(OC)cc2O1. The summed E-state index contributed by atoms with van der Waals surface area (Å²) in [7, 11) is 1.67. The molecule has 0 saturated heterocycles. The minimum absolute atomic E-state index is 0.0613. The van der Waals surface area contributed by atoms with Crippen molar-refractivity contribution in [3.8, 4) is 11.5 Å². The number of fused-ring (bicyclic) bond motifs is 1. The summed E-state index contributed by atoms with van der Waals surface area (Å²) in [6.07, 6.45) is 4.05. The van der Waals surface area contributed by atoms with E-state index in [0.717, 1.165) is 42.7 Å². The van der Waals surface area contributed by atoms with Gasteiger partial charge in [0.05, 0.1) is 7.11 Å². The minimum Gasteiger partial charge on any atom is -0.497 e. The summed E-state index contributed by atoms with van der Waals surface area (Å²) >= 11 is 0. The highest BCUT2D eigenvalue weighted by atomic mass is 16.5. The van der Waals surface area contributed by atoms with Crippen molar-refractivity contribution in [1.82, 2.24) is 0 Å². The van der Waals surface area contributed by atoms with Crippen LogP contribution in [0.15, 0.2) is 18.2 Å². The topological polar surface area (TPSA) is 44.5 Å². The Kier molecular flexibility index (Phi) is 3.81. The fourth-order valence-electron chi connectivity index (χ4n) is 2.82. The van der Waals surface area contributed by atoms with Crippen LogP contribution in [0.1, 0.15) is 51.1 Å². The van der Waals surface area contributed by atoms with Crippen LogP contribution in [-0.2, 0) is 0 Å². The van der Waals surface area contributed by atoms with Gasteiger partial charge in [-0.1, -0.05) is 26.3 Å². The summed E-state index contributed by atoms with van der Waals surface area (Å²) in [6, 6.07) is 5.98. The molecule has 2 atom stereocenters. The van der Waals surface area contributed by atoms with Crippen LogP contribution >= 0.6 is 0 Å². The van der Waals surface area contributed by atoms with Gasteiger partial charge >= 0.3 is 0 Å². The molecule has 1 heterocycles. The van der Waals surface area contributed by atoms with E-state index in [0.29, 0.717) is 0 Å². The molecule has 1 aromatic carbocycles. The van der Waals surface area contributed by atoms with Crippen molar-refractivity contribution < 1.29 is 9.47 Å². The second kappa shape index (κ2) is 5.19. The third kappa shape index (κ3) is 2.32. The molecule has 18 heavy (non-hydrogen) atoms. The molecular formula is C15H23NO2. The molecule has 2 N–H and O–H groups in total. The number of methoxy groups -OCH3 is 1. The van der Waals surface area contributed by atoms with E-state index in [9.17, 15) is 0 Å². The molecule has 100 valence electrons. The van der Waals surface area contributed by atoms with Crippen LogP contribution in [0.5, 0.6) is 11.5 Å². The van der Waals surface area contributed by atoms with Crippen LogP contribution in [-0.4, -0.2) is 12.7 Å². The van der Waals surface area contributed by atoms with Crippen molar-refractivity contribution in [2.75, 3.05) is 7.11 Å². The largest absolute Gasteiger partial charge is 0.497 e. The fraction of sp³-hybridized carbons (Fsp3) is 0.600. The van der Waals surface area contributed by atoms with Gasteiger partial charge in [0, 0.05) is 24.1 Å². The van der Waals surface area contributed by atoms with Crippen LogP contribution in [0.3, 0.4) is 0 Å². The summed E-state index contributed by atoms with van der Waals surface area (Å²) in [5, 5.41) is 0. The second-order valence-corrected chi connectivity index (χ2v) is 5.10. The Morgan fingerprint density at radius 3 is 2.83 bits per heavy atom. The van der Waals surface area contributed by atoms with Gasteiger partial charge in [-0.25, -0.2) is 0 Å². The lowest BCUT2D eigenvalue weighted by Crippen LogP contribution is -2.42. The van der Waals surface area contributed by atoms with Crippen molar-refractivity contribution in [2.45, 2.75) is 51.2 Å². The van der Waals surface area contributed by atoms with Crippen LogP contribution in [0.25, 0.3) is 0 Å². The highest BCUT2D eigenvalue weighted by Crippen LogP contribution is 2.43. The molecule has 3 heteroatoms. The third-order valence-electron chi connectivity index (χ3n) is 3.89. The Morgan fingerprint density at radius 1 is 1.44 bits per heavy atom. The van der Waals surface area contributed by atoms with Crippen molar-refractivity contribution in [1.29, 1.82) is 0 Å². The number of nitrogens with two attached hydrogens (primary N) is 1. The molecule has 2 rings (SSSR count). The smallest absolute Gasteiger partial charge is 0.128 e. The van der Waals surface area contributed by atoms with Gasteiger partial charge in [0.2, 0.25) is 0 Å². The molecule has 2 unspecified atom stereocenters. The average Bonchev–Trinajstić information content (AvgIpc) is 2.38. The van der Waals surface area contributed by atoms with Gasteiger partial charge in [0.25, 0.3) is 0 Å². The van der Waals surface area contributed by atoms with Crippen LogP contribution in [0, 0.1) is 0 Å². The standard InChI is InChI=1S/C15H23NO2/c1-4-8-15(5-2)10-13(16)12-7-6-11(17-3)9-14(12)18-15/h6-7,9,13H,4-5,8,10,16H2,1-3H3. The van der Waals surface area contributed by atoms with Gasteiger partial charge in [-0.05, 0) is 18.9 Å². The number of benzene rings is 1. The van der Waals surface area contributed by atoms with Crippen molar-refractivity contribution in [3.05, 3.63) is 23.8 Å². The summed E-state index contributed by atoms with van der Waals surface area (Å²) in [6.45, 7) is 4.36. The fourth-order valence-corrected chi connectivity index (χ4v) is 2.82. The van der Waals surface area contributed by atoms with E-state index in [1.807, 2.05) is 18.2 Å². The van der Waals surface area contributed by atoms with Crippen molar-refractivity contribution in [3.63, 3.8) is 0 Å². The maximum atomic E-state index is 6.30. The summed E-state index contributed by atoms with van der Waals surface area (Å²) in [5.41, 5.74) is 7.29. The molecule has 1 aliphatic rings. The predicted octanol–water partition coefficient (Wildman–Crippen LogP) is 3.43. The normalized spacial score (nSPS) is 26.3. The monoisotopic (exact) mass is 249 g/mol. The highest BCUT2D eigenvalue weighted by molar-refractivity contribution is 5.44. The number of hydrogen-bond donors (Lipinski definition) is 1. The molecule has 0 radical (unpaired) electrons. The maximum absolute atomic E-state index is 6.30. The van der Waals surface area contributed by atoms with E-state index in [1.165, 1.54) is 0 Å². The molecule has 0 amide bonds.